The molecular weight excluding hydrogens is 406 g/mol. The SMILES string of the molecule is O=C(CCNC(=O)[C@H]1CS[C@H]2c3ccccc3C(=O)N12)Nc1ccc2c(c1)OCO2. The summed E-state index contributed by atoms with van der Waals surface area (Å²) in [6.07, 6.45) is 0.123. The van der Waals surface area contributed by atoms with Crippen molar-refractivity contribution in [1.29, 1.82) is 0 Å². The molecule has 0 aromatic heterocycles. The largest absolute Gasteiger partial charge is 0.454 e. The van der Waals surface area contributed by atoms with Crippen molar-refractivity contribution in [2.24, 2.45) is 0 Å². The lowest BCUT2D eigenvalue weighted by Crippen LogP contribution is -2.46. The van der Waals surface area contributed by atoms with Crippen LogP contribution in [0.1, 0.15) is 27.7 Å². The van der Waals surface area contributed by atoms with Gasteiger partial charge in [0.25, 0.3) is 5.91 Å². The topological polar surface area (TPSA) is 97.0 Å². The molecule has 5 rings (SSSR count). The summed E-state index contributed by atoms with van der Waals surface area (Å²) in [4.78, 5) is 39.2. The number of hydrogen-bond donors (Lipinski definition) is 2. The Kier molecular flexibility index (Phi) is 4.74. The fourth-order valence-corrected chi connectivity index (χ4v) is 5.32. The average Bonchev–Trinajstić information content (AvgIpc) is 3.45. The van der Waals surface area contributed by atoms with E-state index < -0.39 is 6.04 Å². The van der Waals surface area contributed by atoms with Crippen molar-refractivity contribution in [3.05, 3.63) is 53.6 Å². The van der Waals surface area contributed by atoms with Gasteiger partial charge in [-0.25, -0.2) is 0 Å². The van der Waals surface area contributed by atoms with Crippen LogP contribution in [0.25, 0.3) is 0 Å². The molecule has 3 aliphatic heterocycles. The highest BCUT2D eigenvalue weighted by Gasteiger charge is 2.48. The smallest absolute Gasteiger partial charge is 0.256 e. The summed E-state index contributed by atoms with van der Waals surface area (Å²) in [5, 5.41) is 5.46. The van der Waals surface area contributed by atoms with Crippen LogP contribution in [0.2, 0.25) is 0 Å². The van der Waals surface area contributed by atoms with Crippen LogP contribution < -0.4 is 20.1 Å². The molecule has 3 heterocycles. The summed E-state index contributed by atoms with van der Waals surface area (Å²) >= 11 is 1.59. The predicted octanol–water partition coefficient (Wildman–Crippen LogP) is 2.13. The molecule has 2 aromatic rings. The van der Waals surface area contributed by atoms with Crippen LogP contribution in [-0.4, -0.2) is 47.8 Å². The van der Waals surface area contributed by atoms with Crippen molar-refractivity contribution >= 4 is 35.2 Å². The van der Waals surface area contributed by atoms with E-state index in [1.54, 1.807) is 40.9 Å². The highest BCUT2D eigenvalue weighted by atomic mass is 32.2. The Morgan fingerprint density at radius 1 is 1.13 bits per heavy atom. The van der Waals surface area contributed by atoms with Crippen LogP contribution in [-0.2, 0) is 9.59 Å². The van der Waals surface area contributed by atoms with Crippen molar-refractivity contribution in [2.45, 2.75) is 17.8 Å². The van der Waals surface area contributed by atoms with Gasteiger partial charge in [-0.2, -0.15) is 0 Å². The molecule has 0 bridgehead atoms. The monoisotopic (exact) mass is 425 g/mol. The zero-order chi connectivity index (χ0) is 20.7. The van der Waals surface area contributed by atoms with Gasteiger partial charge in [0.05, 0.1) is 0 Å². The molecule has 3 aliphatic rings. The lowest BCUT2D eigenvalue weighted by atomic mass is 10.1. The molecule has 2 atom stereocenters. The van der Waals surface area contributed by atoms with Crippen LogP contribution >= 0.6 is 11.8 Å². The van der Waals surface area contributed by atoms with Gasteiger partial charge < -0.3 is 25.0 Å². The molecule has 30 heavy (non-hydrogen) atoms. The van der Waals surface area contributed by atoms with Gasteiger partial charge in [-0.15, -0.1) is 11.8 Å². The number of nitrogens with zero attached hydrogens (tertiary/aromatic N) is 1. The molecule has 3 amide bonds. The Morgan fingerprint density at radius 2 is 1.97 bits per heavy atom. The molecule has 154 valence electrons. The normalized spacial score (nSPS) is 20.7. The third kappa shape index (κ3) is 3.24. The Labute approximate surface area is 176 Å². The molecule has 8 nitrogen and oxygen atoms in total. The minimum absolute atomic E-state index is 0.110. The number of amides is 3. The lowest BCUT2D eigenvalue weighted by Gasteiger charge is -2.22. The van der Waals surface area contributed by atoms with Crippen LogP contribution in [0.5, 0.6) is 11.5 Å². The van der Waals surface area contributed by atoms with Crippen LogP contribution in [0, 0.1) is 0 Å². The number of hydrogen-bond acceptors (Lipinski definition) is 6. The first-order valence-corrected chi connectivity index (χ1v) is 10.7. The first-order valence-electron chi connectivity index (χ1n) is 9.62. The van der Waals surface area contributed by atoms with E-state index in [9.17, 15) is 14.4 Å². The maximum Gasteiger partial charge on any atom is 0.256 e. The highest BCUT2D eigenvalue weighted by molar-refractivity contribution is 7.99. The minimum atomic E-state index is -0.531. The molecule has 0 saturated carbocycles. The first-order chi connectivity index (χ1) is 14.6. The molecule has 0 unspecified atom stereocenters. The third-order valence-corrected chi connectivity index (χ3v) is 6.61. The number of thioether (sulfide) groups is 1. The fraction of sp³-hybridized carbons (Fsp3) is 0.286. The van der Waals surface area contributed by atoms with E-state index in [-0.39, 0.29) is 42.9 Å². The van der Waals surface area contributed by atoms with Gasteiger partial charge in [0.1, 0.15) is 11.4 Å². The second-order valence-corrected chi connectivity index (χ2v) is 8.27. The lowest BCUT2D eigenvalue weighted by molar-refractivity contribution is -0.124. The molecular formula is C21H19N3O5S. The Morgan fingerprint density at radius 3 is 2.87 bits per heavy atom. The Hall–Kier alpha value is -3.20. The van der Waals surface area contributed by atoms with E-state index in [4.69, 9.17) is 9.47 Å². The van der Waals surface area contributed by atoms with Gasteiger partial charge in [-0.05, 0) is 23.8 Å². The summed E-state index contributed by atoms with van der Waals surface area (Å²) in [6.45, 7) is 0.361. The summed E-state index contributed by atoms with van der Waals surface area (Å²) in [5.41, 5.74) is 2.23. The molecule has 2 aromatic carbocycles. The van der Waals surface area contributed by atoms with E-state index in [0.29, 0.717) is 28.5 Å². The Bertz CT molecular complexity index is 1040. The fourth-order valence-electron chi connectivity index (χ4n) is 3.86. The van der Waals surface area contributed by atoms with Crippen LogP contribution in [0.3, 0.4) is 0 Å². The number of nitrogens with one attached hydrogen (secondary N) is 2. The maximum atomic E-state index is 12.7. The van der Waals surface area contributed by atoms with Crippen LogP contribution in [0.15, 0.2) is 42.5 Å². The van der Waals surface area contributed by atoms with Crippen molar-refractivity contribution < 1.29 is 23.9 Å². The molecule has 1 saturated heterocycles. The van der Waals surface area contributed by atoms with Gasteiger partial charge in [0, 0.05) is 36.0 Å². The van der Waals surface area contributed by atoms with Gasteiger partial charge in [-0.1, -0.05) is 18.2 Å². The Balaban J connectivity index is 1.14. The van der Waals surface area contributed by atoms with Crippen molar-refractivity contribution in [3.8, 4) is 11.5 Å². The molecule has 9 heteroatoms. The van der Waals surface area contributed by atoms with E-state index in [1.807, 2.05) is 18.2 Å². The number of carbonyl (C=O) groups excluding carboxylic acids is 3. The van der Waals surface area contributed by atoms with Gasteiger partial charge in [-0.3, -0.25) is 14.4 Å². The van der Waals surface area contributed by atoms with Crippen molar-refractivity contribution in [3.63, 3.8) is 0 Å². The number of fused-ring (bicyclic) bond motifs is 4. The zero-order valence-corrected chi connectivity index (χ0v) is 16.7. The predicted molar refractivity (Wildman–Crippen MR) is 110 cm³/mol. The van der Waals surface area contributed by atoms with Crippen molar-refractivity contribution in [1.82, 2.24) is 10.2 Å². The second-order valence-electron chi connectivity index (χ2n) is 7.16. The molecule has 0 radical (unpaired) electrons. The average molecular weight is 425 g/mol. The number of rotatable bonds is 5. The summed E-state index contributed by atoms with van der Waals surface area (Å²) in [7, 11) is 0. The van der Waals surface area contributed by atoms with E-state index in [1.165, 1.54) is 0 Å². The van der Waals surface area contributed by atoms with Gasteiger partial charge >= 0.3 is 0 Å². The number of carbonyl (C=O) groups is 3. The van der Waals surface area contributed by atoms with Gasteiger partial charge in [0.15, 0.2) is 11.5 Å². The minimum Gasteiger partial charge on any atom is -0.454 e. The van der Waals surface area contributed by atoms with E-state index in [2.05, 4.69) is 10.6 Å². The number of benzene rings is 2. The molecule has 0 spiro atoms. The van der Waals surface area contributed by atoms with E-state index >= 15 is 0 Å². The molecule has 2 N–H and O–H groups in total. The van der Waals surface area contributed by atoms with Crippen LogP contribution in [0.4, 0.5) is 5.69 Å². The second kappa shape index (κ2) is 7.56. The zero-order valence-electron chi connectivity index (χ0n) is 15.9. The maximum absolute atomic E-state index is 12.7. The standard InChI is InChI=1S/C21H19N3O5S/c25-18(23-12-5-6-16-17(9-12)29-11-28-16)7-8-22-19(26)15-10-30-21-14-4-2-1-3-13(14)20(27)24(15)21/h1-6,9,15,21H,7-8,10-11H2,(H,22,26)(H,23,25)/t15-,21+/m1/s1. The molecule has 0 aliphatic carbocycles. The highest BCUT2D eigenvalue weighted by Crippen LogP contribution is 2.48. The molecule has 1 fully saturated rings. The quantitative estimate of drug-likeness (QED) is 0.762. The van der Waals surface area contributed by atoms with Crippen molar-refractivity contribution in [2.75, 3.05) is 24.4 Å². The first kappa shape index (κ1) is 18.8. The number of anilines is 1. The summed E-state index contributed by atoms with van der Waals surface area (Å²) in [6, 6.07) is 12.1. The third-order valence-electron chi connectivity index (χ3n) is 5.30. The summed E-state index contributed by atoms with van der Waals surface area (Å²) < 4.78 is 10.5. The summed E-state index contributed by atoms with van der Waals surface area (Å²) in [5.74, 6) is 1.21. The number of ether oxygens (including phenoxy) is 2. The van der Waals surface area contributed by atoms with Gasteiger partial charge in [0.2, 0.25) is 18.6 Å². The van der Waals surface area contributed by atoms with E-state index in [0.717, 1.165) is 5.56 Å².